The molecule has 4 saturated carbocycles. The molecule has 5 aliphatic rings. The summed E-state index contributed by atoms with van der Waals surface area (Å²) >= 11 is 0. The molecule has 19 heavy (non-hydrogen) atoms. The van der Waals surface area contributed by atoms with Gasteiger partial charge in [-0.05, 0) is 74.7 Å². The zero-order chi connectivity index (χ0) is 12.8. The maximum atomic E-state index is 3.63. The standard InChI is InChI=1S/C17H30N2/c1-2-19-4-3-18-11-16(19)10-17-14-6-12-5-13(8-14)9-15(17)7-12/h12-18H,2-11H2,1H3. The number of nitrogens with one attached hydrogen (secondary N) is 1. The maximum absolute atomic E-state index is 3.63. The minimum Gasteiger partial charge on any atom is -0.314 e. The van der Waals surface area contributed by atoms with Gasteiger partial charge >= 0.3 is 0 Å². The minimum absolute atomic E-state index is 0.835. The van der Waals surface area contributed by atoms with Crippen molar-refractivity contribution in [3.8, 4) is 0 Å². The van der Waals surface area contributed by atoms with Crippen LogP contribution in [-0.4, -0.2) is 37.1 Å². The normalized spacial score (nSPS) is 49.7. The molecule has 0 aromatic carbocycles. The zero-order valence-corrected chi connectivity index (χ0v) is 12.5. The summed E-state index contributed by atoms with van der Waals surface area (Å²) in [5.74, 6) is 5.55. The van der Waals surface area contributed by atoms with E-state index in [2.05, 4.69) is 17.1 Å². The molecular weight excluding hydrogens is 232 g/mol. The third kappa shape index (κ3) is 2.25. The summed E-state index contributed by atoms with van der Waals surface area (Å²) in [4.78, 5) is 2.74. The first-order chi connectivity index (χ1) is 9.33. The van der Waals surface area contributed by atoms with Crippen LogP contribution in [0.15, 0.2) is 0 Å². The van der Waals surface area contributed by atoms with E-state index in [0.717, 1.165) is 35.6 Å². The molecule has 1 unspecified atom stereocenters. The third-order valence-electron chi connectivity index (χ3n) is 6.84. The Bertz CT molecular complexity index is 299. The number of nitrogens with zero attached hydrogens (tertiary/aromatic N) is 1. The Labute approximate surface area is 118 Å². The number of piperazine rings is 1. The van der Waals surface area contributed by atoms with Crippen LogP contribution in [0.5, 0.6) is 0 Å². The Kier molecular flexibility index (Phi) is 3.35. The van der Waals surface area contributed by atoms with Crippen molar-refractivity contribution in [1.82, 2.24) is 10.2 Å². The molecule has 4 aliphatic carbocycles. The van der Waals surface area contributed by atoms with E-state index < -0.39 is 0 Å². The second-order valence-corrected chi connectivity index (χ2v) is 7.82. The molecule has 1 aliphatic heterocycles. The second kappa shape index (κ2) is 5.04. The Morgan fingerprint density at radius 1 is 1.00 bits per heavy atom. The summed E-state index contributed by atoms with van der Waals surface area (Å²) < 4.78 is 0. The fraction of sp³-hybridized carbons (Fsp3) is 1.00. The molecule has 5 fully saturated rings. The first-order valence-electron chi connectivity index (χ1n) is 8.78. The molecule has 0 aromatic heterocycles. The smallest absolute Gasteiger partial charge is 0.0223 e. The van der Waals surface area contributed by atoms with Crippen LogP contribution >= 0.6 is 0 Å². The number of rotatable bonds is 3. The molecule has 0 radical (unpaired) electrons. The molecule has 1 N–H and O–H groups in total. The van der Waals surface area contributed by atoms with Gasteiger partial charge in [0.05, 0.1) is 0 Å². The monoisotopic (exact) mass is 262 g/mol. The van der Waals surface area contributed by atoms with Crippen molar-refractivity contribution in [2.75, 3.05) is 26.2 Å². The molecule has 1 heterocycles. The molecule has 0 spiro atoms. The highest BCUT2D eigenvalue weighted by molar-refractivity contribution is 4.99. The van der Waals surface area contributed by atoms with Gasteiger partial charge in [-0.2, -0.15) is 0 Å². The van der Waals surface area contributed by atoms with E-state index in [4.69, 9.17) is 0 Å². The Morgan fingerprint density at radius 3 is 2.32 bits per heavy atom. The first kappa shape index (κ1) is 12.6. The van der Waals surface area contributed by atoms with Crippen molar-refractivity contribution < 1.29 is 0 Å². The van der Waals surface area contributed by atoms with Crippen molar-refractivity contribution in [2.24, 2.45) is 29.6 Å². The van der Waals surface area contributed by atoms with Crippen LogP contribution in [0.25, 0.3) is 0 Å². The highest BCUT2D eigenvalue weighted by Crippen LogP contribution is 2.57. The van der Waals surface area contributed by atoms with Gasteiger partial charge in [0.2, 0.25) is 0 Å². The second-order valence-electron chi connectivity index (χ2n) is 7.82. The summed E-state index contributed by atoms with van der Waals surface area (Å²) in [5.41, 5.74) is 0. The van der Waals surface area contributed by atoms with Gasteiger partial charge in [0.1, 0.15) is 0 Å². The quantitative estimate of drug-likeness (QED) is 0.841. The topological polar surface area (TPSA) is 15.3 Å². The van der Waals surface area contributed by atoms with E-state index in [1.54, 1.807) is 32.1 Å². The van der Waals surface area contributed by atoms with E-state index in [9.17, 15) is 0 Å². The lowest BCUT2D eigenvalue weighted by molar-refractivity contribution is -0.0507. The highest BCUT2D eigenvalue weighted by Gasteiger charge is 2.48. The predicted octanol–water partition coefficient (Wildman–Crippen LogP) is 2.74. The van der Waals surface area contributed by atoms with Gasteiger partial charge < -0.3 is 5.32 Å². The fourth-order valence-electron chi connectivity index (χ4n) is 6.19. The van der Waals surface area contributed by atoms with Crippen molar-refractivity contribution in [2.45, 2.75) is 51.5 Å². The van der Waals surface area contributed by atoms with Gasteiger partial charge in [0.25, 0.3) is 0 Å². The SMILES string of the molecule is CCN1CCNCC1CC1C2CC3CC(C2)CC1C3. The average Bonchev–Trinajstić information content (AvgIpc) is 2.42. The summed E-state index contributed by atoms with van der Waals surface area (Å²) in [7, 11) is 0. The van der Waals surface area contributed by atoms with Crippen molar-refractivity contribution in [3.63, 3.8) is 0 Å². The van der Waals surface area contributed by atoms with E-state index in [-0.39, 0.29) is 0 Å². The lowest BCUT2D eigenvalue weighted by Crippen LogP contribution is -2.54. The Hall–Kier alpha value is -0.0800. The zero-order valence-electron chi connectivity index (χ0n) is 12.5. The average molecular weight is 262 g/mol. The lowest BCUT2D eigenvalue weighted by Gasteiger charge is -2.55. The molecule has 5 rings (SSSR count). The van der Waals surface area contributed by atoms with E-state index >= 15 is 0 Å². The third-order valence-corrected chi connectivity index (χ3v) is 6.84. The van der Waals surface area contributed by atoms with Crippen molar-refractivity contribution in [1.29, 1.82) is 0 Å². The highest BCUT2D eigenvalue weighted by atomic mass is 15.2. The molecule has 108 valence electrons. The first-order valence-corrected chi connectivity index (χ1v) is 8.78. The molecular formula is C17H30N2. The molecule has 0 aromatic rings. The number of hydrogen-bond acceptors (Lipinski definition) is 2. The van der Waals surface area contributed by atoms with Crippen molar-refractivity contribution >= 4 is 0 Å². The molecule has 2 heteroatoms. The minimum atomic E-state index is 0.835. The van der Waals surface area contributed by atoms with E-state index in [1.807, 2.05) is 0 Å². The summed E-state index contributed by atoms with van der Waals surface area (Å²) in [5, 5.41) is 3.63. The van der Waals surface area contributed by atoms with Crippen LogP contribution in [-0.2, 0) is 0 Å². The van der Waals surface area contributed by atoms with Gasteiger partial charge in [0, 0.05) is 25.7 Å². The molecule has 4 bridgehead atoms. The van der Waals surface area contributed by atoms with Crippen LogP contribution < -0.4 is 5.32 Å². The van der Waals surface area contributed by atoms with Gasteiger partial charge in [-0.25, -0.2) is 0 Å². The molecule has 0 amide bonds. The van der Waals surface area contributed by atoms with Crippen molar-refractivity contribution in [3.05, 3.63) is 0 Å². The van der Waals surface area contributed by atoms with Gasteiger partial charge in [-0.1, -0.05) is 6.92 Å². The van der Waals surface area contributed by atoms with Gasteiger partial charge in [-0.15, -0.1) is 0 Å². The largest absolute Gasteiger partial charge is 0.314 e. The van der Waals surface area contributed by atoms with E-state index in [0.29, 0.717) is 0 Å². The van der Waals surface area contributed by atoms with Gasteiger partial charge in [0.15, 0.2) is 0 Å². The lowest BCUT2D eigenvalue weighted by atomic mass is 9.51. The van der Waals surface area contributed by atoms with Crippen LogP contribution in [0.4, 0.5) is 0 Å². The predicted molar refractivity (Wildman–Crippen MR) is 79.1 cm³/mol. The maximum Gasteiger partial charge on any atom is 0.0223 e. The van der Waals surface area contributed by atoms with Crippen LogP contribution in [0.2, 0.25) is 0 Å². The summed E-state index contributed by atoms with van der Waals surface area (Å²) in [6.07, 6.45) is 9.43. The Balaban J connectivity index is 1.44. The number of likely N-dealkylation sites (N-methyl/N-ethyl adjacent to an activating group) is 1. The van der Waals surface area contributed by atoms with Crippen LogP contribution in [0.1, 0.15) is 45.4 Å². The van der Waals surface area contributed by atoms with Crippen LogP contribution in [0, 0.1) is 29.6 Å². The number of hydrogen-bond donors (Lipinski definition) is 1. The van der Waals surface area contributed by atoms with Gasteiger partial charge in [-0.3, -0.25) is 4.90 Å². The molecule has 2 nitrogen and oxygen atoms in total. The summed E-state index contributed by atoms with van der Waals surface area (Å²) in [6, 6.07) is 0.835. The summed E-state index contributed by atoms with van der Waals surface area (Å²) in [6.45, 7) is 7.31. The van der Waals surface area contributed by atoms with Crippen LogP contribution in [0.3, 0.4) is 0 Å². The fourth-order valence-corrected chi connectivity index (χ4v) is 6.19. The molecule has 1 atom stereocenters. The molecule has 1 saturated heterocycles. The van der Waals surface area contributed by atoms with E-state index in [1.165, 1.54) is 32.6 Å². The Morgan fingerprint density at radius 2 is 1.68 bits per heavy atom.